The van der Waals surface area contributed by atoms with Crippen molar-refractivity contribution in [2.75, 3.05) is 19.6 Å². The lowest BCUT2D eigenvalue weighted by molar-refractivity contribution is -0.124. The quantitative estimate of drug-likeness (QED) is 0.584. The maximum absolute atomic E-state index is 11.9. The lowest BCUT2D eigenvalue weighted by atomic mass is 10.0. The molecule has 1 fully saturated rings. The van der Waals surface area contributed by atoms with Crippen molar-refractivity contribution in [1.82, 2.24) is 10.2 Å². The Balaban J connectivity index is 2.24. The highest BCUT2D eigenvalue weighted by atomic mass is 16.2. The second-order valence-electron chi connectivity index (χ2n) is 5.27. The Morgan fingerprint density at radius 3 is 2.53 bits per heavy atom. The van der Waals surface area contributed by atoms with E-state index >= 15 is 0 Å². The van der Waals surface area contributed by atoms with Crippen LogP contribution in [0.4, 0.5) is 0 Å². The molecular weight excluding hydrogens is 244 g/mol. The molecule has 110 valence electrons. The van der Waals surface area contributed by atoms with E-state index in [2.05, 4.69) is 12.2 Å². The van der Waals surface area contributed by atoms with Crippen molar-refractivity contribution in [3.05, 3.63) is 0 Å². The van der Waals surface area contributed by atoms with Gasteiger partial charge in [0.15, 0.2) is 0 Å². The van der Waals surface area contributed by atoms with Gasteiger partial charge in [0, 0.05) is 19.1 Å². The summed E-state index contributed by atoms with van der Waals surface area (Å²) in [6.07, 6.45) is 4.46. The van der Waals surface area contributed by atoms with E-state index in [4.69, 9.17) is 11.5 Å². The predicted octanol–water partition coefficient (Wildman–Crippen LogP) is -0.430. The highest BCUT2D eigenvalue weighted by Gasteiger charge is 2.23. The van der Waals surface area contributed by atoms with Crippen LogP contribution in [0.3, 0.4) is 0 Å². The van der Waals surface area contributed by atoms with Crippen LogP contribution < -0.4 is 16.8 Å². The average Bonchev–Trinajstić information content (AvgIpc) is 2.37. The molecule has 1 heterocycles. The van der Waals surface area contributed by atoms with Gasteiger partial charge in [-0.1, -0.05) is 19.8 Å². The number of amides is 2. The number of primary amides is 1. The summed E-state index contributed by atoms with van der Waals surface area (Å²) in [7, 11) is 0. The van der Waals surface area contributed by atoms with E-state index in [-0.39, 0.29) is 17.9 Å². The molecule has 0 aliphatic carbocycles. The van der Waals surface area contributed by atoms with Crippen molar-refractivity contribution in [2.45, 2.75) is 51.1 Å². The van der Waals surface area contributed by atoms with Crippen LogP contribution in [0.25, 0.3) is 0 Å². The Morgan fingerprint density at radius 1 is 1.37 bits per heavy atom. The molecule has 0 aromatic heterocycles. The van der Waals surface area contributed by atoms with E-state index in [1.807, 2.05) is 4.90 Å². The summed E-state index contributed by atoms with van der Waals surface area (Å²) < 4.78 is 0. The lowest BCUT2D eigenvalue weighted by Crippen LogP contribution is -2.50. The van der Waals surface area contributed by atoms with E-state index in [1.54, 1.807) is 0 Å². The normalized spacial score (nSPS) is 19.1. The number of nitrogens with one attached hydrogen (secondary N) is 1. The van der Waals surface area contributed by atoms with Gasteiger partial charge >= 0.3 is 0 Å². The van der Waals surface area contributed by atoms with Crippen LogP contribution >= 0.6 is 0 Å². The molecule has 5 N–H and O–H groups in total. The zero-order valence-corrected chi connectivity index (χ0v) is 11.7. The lowest BCUT2D eigenvalue weighted by Gasteiger charge is -2.32. The molecule has 1 unspecified atom stereocenters. The molecule has 0 spiro atoms. The van der Waals surface area contributed by atoms with E-state index in [0.717, 1.165) is 45.2 Å². The Kier molecular flexibility index (Phi) is 6.80. The number of nitrogens with zero attached hydrogens (tertiary/aromatic N) is 1. The molecule has 6 heteroatoms. The van der Waals surface area contributed by atoms with Crippen LogP contribution in [-0.2, 0) is 9.59 Å². The van der Waals surface area contributed by atoms with Gasteiger partial charge in [0.25, 0.3) is 0 Å². The molecule has 1 saturated heterocycles. The van der Waals surface area contributed by atoms with Gasteiger partial charge in [0.2, 0.25) is 11.8 Å². The van der Waals surface area contributed by atoms with Gasteiger partial charge in [-0.2, -0.15) is 0 Å². The fraction of sp³-hybridized carbons (Fsp3) is 0.846. The van der Waals surface area contributed by atoms with Crippen molar-refractivity contribution < 1.29 is 9.59 Å². The van der Waals surface area contributed by atoms with E-state index < -0.39 is 6.04 Å². The maximum atomic E-state index is 11.9. The topological polar surface area (TPSA) is 101 Å². The minimum atomic E-state index is -0.399. The average molecular weight is 270 g/mol. The van der Waals surface area contributed by atoms with Crippen molar-refractivity contribution in [3.63, 3.8) is 0 Å². The molecule has 0 radical (unpaired) electrons. The summed E-state index contributed by atoms with van der Waals surface area (Å²) in [6.45, 7) is 3.96. The van der Waals surface area contributed by atoms with Crippen LogP contribution in [0.5, 0.6) is 0 Å². The number of likely N-dealkylation sites (tertiary alicyclic amines) is 1. The number of carbonyl (C=O) groups is 2. The number of unbranched alkanes of at least 4 members (excludes halogenated alkanes) is 1. The van der Waals surface area contributed by atoms with Gasteiger partial charge in [-0.25, -0.2) is 0 Å². The number of carbonyl (C=O) groups excluding carboxylic acids is 2. The summed E-state index contributed by atoms with van der Waals surface area (Å²) in [4.78, 5) is 24.7. The Hall–Kier alpha value is -1.14. The third kappa shape index (κ3) is 6.02. The maximum Gasteiger partial charge on any atom is 0.237 e. The predicted molar refractivity (Wildman–Crippen MR) is 74.3 cm³/mol. The smallest absolute Gasteiger partial charge is 0.237 e. The first kappa shape index (κ1) is 15.9. The van der Waals surface area contributed by atoms with Gasteiger partial charge in [-0.15, -0.1) is 0 Å². The summed E-state index contributed by atoms with van der Waals surface area (Å²) in [6, 6.07) is -0.229. The molecular formula is C13H26N4O2. The molecule has 1 rings (SSSR count). The van der Waals surface area contributed by atoms with Crippen molar-refractivity contribution >= 4 is 11.8 Å². The number of hydrogen-bond acceptors (Lipinski definition) is 4. The molecule has 2 amide bonds. The molecule has 6 nitrogen and oxygen atoms in total. The van der Waals surface area contributed by atoms with Crippen LogP contribution in [0, 0.1) is 0 Å². The van der Waals surface area contributed by atoms with Gasteiger partial charge in [-0.05, 0) is 19.3 Å². The van der Waals surface area contributed by atoms with E-state index in [0.29, 0.717) is 6.54 Å². The number of hydrogen-bond donors (Lipinski definition) is 3. The molecule has 19 heavy (non-hydrogen) atoms. The van der Waals surface area contributed by atoms with Gasteiger partial charge in [-0.3, -0.25) is 14.5 Å². The summed E-state index contributed by atoms with van der Waals surface area (Å²) in [5.74, 6) is -0.356. The number of nitrogens with two attached hydrogens (primary N) is 2. The largest absolute Gasteiger partial charge is 0.369 e. The highest BCUT2D eigenvalue weighted by Crippen LogP contribution is 2.10. The van der Waals surface area contributed by atoms with Gasteiger partial charge < -0.3 is 16.8 Å². The molecule has 1 atom stereocenters. The molecule has 0 aromatic rings. The minimum Gasteiger partial charge on any atom is -0.369 e. The number of piperidine rings is 1. The Morgan fingerprint density at radius 2 is 2.00 bits per heavy atom. The third-order valence-corrected chi connectivity index (χ3v) is 3.52. The number of rotatable bonds is 7. The first-order valence-corrected chi connectivity index (χ1v) is 7.09. The zero-order chi connectivity index (χ0) is 14.3. The molecule has 0 bridgehead atoms. The Labute approximate surface area is 114 Å². The SMILES string of the molecule is CCCCC(N)C(=O)NC1CCN(CC(N)=O)CC1. The fourth-order valence-corrected chi connectivity index (χ4v) is 2.32. The van der Waals surface area contributed by atoms with Crippen LogP contribution in [0.1, 0.15) is 39.0 Å². The first-order valence-electron chi connectivity index (χ1n) is 7.09. The zero-order valence-electron chi connectivity index (χ0n) is 11.7. The summed E-state index contributed by atoms with van der Waals surface area (Å²) >= 11 is 0. The second-order valence-corrected chi connectivity index (χ2v) is 5.27. The first-order chi connectivity index (χ1) is 9.02. The second kappa shape index (κ2) is 8.12. The van der Waals surface area contributed by atoms with Crippen LogP contribution in [0.2, 0.25) is 0 Å². The van der Waals surface area contributed by atoms with Crippen LogP contribution in [0.15, 0.2) is 0 Å². The Bertz CT molecular complexity index is 301. The molecule has 0 aromatic carbocycles. The molecule has 0 saturated carbocycles. The third-order valence-electron chi connectivity index (χ3n) is 3.52. The van der Waals surface area contributed by atoms with Gasteiger partial charge in [0.05, 0.1) is 12.6 Å². The standard InChI is InChI=1S/C13H26N4O2/c1-2-3-4-11(14)13(19)16-10-5-7-17(8-6-10)9-12(15)18/h10-11H,2-9,14H2,1H3,(H2,15,18)(H,16,19). The monoisotopic (exact) mass is 270 g/mol. The van der Waals surface area contributed by atoms with Gasteiger partial charge in [0.1, 0.15) is 0 Å². The van der Waals surface area contributed by atoms with E-state index in [1.165, 1.54) is 0 Å². The summed E-state index contributed by atoms with van der Waals surface area (Å²) in [5.41, 5.74) is 11.0. The van der Waals surface area contributed by atoms with Crippen molar-refractivity contribution in [3.8, 4) is 0 Å². The summed E-state index contributed by atoms with van der Waals surface area (Å²) in [5, 5.41) is 2.99. The van der Waals surface area contributed by atoms with Crippen molar-refractivity contribution in [2.24, 2.45) is 11.5 Å². The van der Waals surface area contributed by atoms with Crippen molar-refractivity contribution in [1.29, 1.82) is 0 Å². The van der Waals surface area contributed by atoms with Crippen LogP contribution in [-0.4, -0.2) is 48.4 Å². The highest BCUT2D eigenvalue weighted by molar-refractivity contribution is 5.81. The molecule has 1 aliphatic rings. The molecule has 1 aliphatic heterocycles. The fourth-order valence-electron chi connectivity index (χ4n) is 2.32. The minimum absolute atomic E-state index is 0.0539. The van der Waals surface area contributed by atoms with E-state index in [9.17, 15) is 9.59 Å².